The summed E-state index contributed by atoms with van der Waals surface area (Å²) in [7, 11) is 1.19. The minimum absolute atomic E-state index is 0.128. The van der Waals surface area contributed by atoms with Crippen molar-refractivity contribution in [1.29, 1.82) is 5.26 Å². The van der Waals surface area contributed by atoms with Gasteiger partial charge in [0.1, 0.15) is 30.0 Å². The second-order valence-electron chi connectivity index (χ2n) is 12.7. The molecule has 1 amide bonds. The second-order valence-corrected chi connectivity index (χ2v) is 13.1. The number of carbonyl (C=O) groups is 4. The van der Waals surface area contributed by atoms with Gasteiger partial charge in [0.15, 0.2) is 12.5 Å². The number of rotatable bonds is 13. The number of anilines is 1. The van der Waals surface area contributed by atoms with Crippen LogP contribution in [0.5, 0.6) is 0 Å². The lowest BCUT2D eigenvalue weighted by Crippen LogP contribution is -2.43. The molecule has 0 radical (unpaired) electrons. The Kier molecular flexibility index (Phi) is 11.5. The Morgan fingerprint density at radius 2 is 1.69 bits per heavy atom. The summed E-state index contributed by atoms with van der Waals surface area (Å²) in [6.45, 7) is 0.540. The SMILES string of the molecule is CN1CC(c2ccc(Cl)c(C(=O)N(COC(=O)OCCOC(=O)CC(C)(C)C(=O)O)C3(C#N)CC3)c2)=CN1c1n[nH]c(C(F)(F)C(F)(F)F)c1C(F)(F)F. The van der Waals surface area contributed by atoms with Gasteiger partial charge in [-0.2, -0.15) is 45.5 Å². The van der Waals surface area contributed by atoms with Crippen LogP contribution in [-0.2, 0) is 35.9 Å². The van der Waals surface area contributed by atoms with Crippen LogP contribution >= 0.6 is 11.6 Å². The van der Waals surface area contributed by atoms with Gasteiger partial charge in [-0.05, 0) is 50.0 Å². The fraction of sp³-hybridized carbons (Fsp3) is 0.484. The number of likely N-dealkylation sites (N-methyl/N-ethyl adjacent to an activating group) is 1. The predicted octanol–water partition coefficient (Wildman–Crippen LogP) is 6.10. The largest absolute Gasteiger partial charge is 0.510 e. The summed E-state index contributed by atoms with van der Waals surface area (Å²) in [5, 5.41) is 24.7. The monoisotopic (exact) mass is 800 g/mol. The third-order valence-electron chi connectivity index (χ3n) is 8.27. The van der Waals surface area contributed by atoms with E-state index in [-0.39, 0.29) is 41.1 Å². The van der Waals surface area contributed by atoms with Gasteiger partial charge in [-0.3, -0.25) is 29.4 Å². The molecule has 0 bridgehead atoms. The molecular weight excluding hydrogens is 772 g/mol. The van der Waals surface area contributed by atoms with Crippen LogP contribution in [0.1, 0.15) is 60.3 Å². The molecule has 0 unspecified atom stereocenters. The van der Waals surface area contributed by atoms with E-state index >= 15 is 0 Å². The number of carboxylic acid groups (broad SMARTS) is 1. The molecule has 1 aliphatic carbocycles. The van der Waals surface area contributed by atoms with Crippen LogP contribution in [0, 0.1) is 16.7 Å². The number of hydrogen-bond donors (Lipinski definition) is 2. The standard InChI is InChI=1S/C31H29ClF8N6O8/c1-27(2,25(49)50)11-20(47)52-8-9-53-26(51)54-15-45(28(14-41)6-7-28)24(48)18-10-16(4-5-19(18)32)17-12-44(3)46(13-17)23-21(30(35,36)37)22(42-43-23)29(33,34)31(38,39)40/h4-5,10,13H,6-9,11-12,15H2,1-3H3,(H,42,43)(H,49,50). The number of alkyl halides is 8. The highest BCUT2D eigenvalue weighted by molar-refractivity contribution is 6.34. The van der Waals surface area contributed by atoms with Gasteiger partial charge in [-0.15, -0.1) is 0 Å². The number of carboxylic acids is 1. The predicted molar refractivity (Wildman–Crippen MR) is 166 cm³/mol. The highest BCUT2D eigenvalue weighted by Crippen LogP contribution is 2.50. The Balaban J connectivity index is 1.52. The molecule has 0 atom stereocenters. The van der Waals surface area contributed by atoms with Crippen LogP contribution in [0.4, 0.5) is 45.7 Å². The zero-order chi connectivity index (χ0) is 40.6. The molecule has 294 valence electrons. The Labute approximate surface area is 304 Å². The minimum Gasteiger partial charge on any atom is -0.481 e. The maximum Gasteiger partial charge on any atom is 0.510 e. The number of H-pyrrole nitrogens is 1. The normalized spacial score (nSPS) is 16.0. The molecule has 2 aliphatic rings. The average molecular weight is 801 g/mol. The third-order valence-corrected chi connectivity index (χ3v) is 8.60. The van der Waals surface area contributed by atoms with E-state index in [1.807, 2.05) is 6.07 Å². The molecule has 23 heteroatoms. The van der Waals surface area contributed by atoms with Crippen LogP contribution in [-0.4, -0.2) is 94.5 Å². The Morgan fingerprint density at radius 1 is 1.06 bits per heavy atom. The summed E-state index contributed by atoms with van der Waals surface area (Å²) in [6, 6.07) is 5.71. The van der Waals surface area contributed by atoms with E-state index < -0.39 is 96.7 Å². The van der Waals surface area contributed by atoms with Crippen LogP contribution in [0.25, 0.3) is 5.57 Å². The van der Waals surface area contributed by atoms with E-state index in [4.69, 9.17) is 30.9 Å². The minimum atomic E-state index is -6.38. The molecule has 2 aromatic rings. The summed E-state index contributed by atoms with van der Waals surface area (Å²) in [4.78, 5) is 50.0. The van der Waals surface area contributed by atoms with Gasteiger partial charge < -0.3 is 19.3 Å². The maximum absolute atomic E-state index is 14.1. The highest BCUT2D eigenvalue weighted by atomic mass is 35.5. The highest BCUT2D eigenvalue weighted by Gasteiger charge is 2.63. The van der Waals surface area contributed by atoms with Crippen molar-refractivity contribution in [3.05, 3.63) is 51.8 Å². The molecule has 1 aliphatic heterocycles. The van der Waals surface area contributed by atoms with Gasteiger partial charge in [0.25, 0.3) is 5.91 Å². The first-order valence-corrected chi connectivity index (χ1v) is 15.8. The molecule has 1 fully saturated rings. The fourth-order valence-corrected chi connectivity index (χ4v) is 5.23. The number of hydrazine groups is 1. The zero-order valence-electron chi connectivity index (χ0n) is 28.2. The smallest absolute Gasteiger partial charge is 0.481 e. The Morgan fingerprint density at radius 3 is 2.24 bits per heavy atom. The average Bonchev–Trinajstić information content (AvgIpc) is 3.53. The number of amides is 1. The number of ether oxygens (including phenoxy) is 3. The summed E-state index contributed by atoms with van der Waals surface area (Å²) in [5.41, 5.74) is -7.72. The topological polar surface area (TPSA) is 178 Å². The first-order chi connectivity index (χ1) is 24.9. The molecule has 0 spiro atoms. The molecular formula is C31H29ClF8N6O8. The number of hydrogen-bond acceptors (Lipinski definition) is 11. The number of nitrogens with one attached hydrogen (secondary N) is 1. The van der Waals surface area contributed by atoms with Crippen LogP contribution in [0.15, 0.2) is 24.4 Å². The van der Waals surface area contributed by atoms with Crippen molar-refractivity contribution < 1.29 is 73.6 Å². The van der Waals surface area contributed by atoms with Crippen molar-refractivity contribution >= 4 is 47.0 Å². The van der Waals surface area contributed by atoms with Crippen molar-refractivity contribution in [3.63, 3.8) is 0 Å². The lowest BCUT2D eigenvalue weighted by molar-refractivity contribution is -0.292. The lowest BCUT2D eigenvalue weighted by atomic mass is 9.90. The van der Waals surface area contributed by atoms with Gasteiger partial charge in [0.2, 0.25) is 0 Å². The quantitative estimate of drug-likeness (QED) is 0.103. The second kappa shape index (κ2) is 14.9. The molecule has 2 N–H and O–H groups in total. The number of aliphatic carboxylic acids is 1. The summed E-state index contributed by atoms with van der Waals surface area (Å²) in [6.07, 6.45) is -12.6. The number of benzene rings is 1. The van der Waals surface area contributed by atoms with E-state index in [1.165, 1.54) is 44.2 Å². The summed E-state index contributed by atoms with van der Waals surface area (Å²) < 4.78 is 124. The molecule has 4 rings (SSSR count). The van der Waals surface area contributed by atoms with Crippen molar-refractivity contribution in [2.24, 2.45) is 5.41 Å². The van der Waals surface area contributed by atoms with Crippen molar-refractivity contribution in [1.82, 2.24) is 20.1 Å². The number of aromatic amines is 1. The van der Waals surface area contributed by atoms with Crippen molar-refractivity contribution in [2.75, 3.05) is 38.5 Å². The van der Waals surface area contributed by atoms with E-state index in [0.29, 0.717) is 5.01 Å². The van der Waals surface area contributed by atoms with Gasteiger partial charge in [-0.25, -0.2) is 9.80 Å². The number of nitriles is 1. The van der Waals surface area contributed by atoms with E-state index in [0.717, 1.165) is 16.1 Å². The molecule has 1 aromatic heterocycles. The van der Waals surface area contributed by atoms with Crippen molar-refractivity contribution in [2.45, 2.75) is 56.9 Å². The number of nitrogens with zero attached hydrogens (tertiary/aromatic N) is 5. The van der Waals surface area contributed by atoms with Crippen LogP contribution in [0.2, 0.25) is 5.02 Å². The zero-order valence-corrected chi connectivity index (χ0v) is 29.0. The van der Waals surface area contributed by atoms with E-state index in [9.17, 15) is 59.6 Å². The van der Waals surface area contributed by atoms with Crippen molar-refractivity contribution in [3.8, 4) is 6.07 Å². The van der Waals surface area contributed by atoms with E-state index in [1.54, 1.807) is 0 Å². The van der Waals surface area contributed by atoms with Gasteiger partial charge >= 0.3 is 36.4 Å². The fourth-order valence-electron chi connectivity index (χ4n) is 5.03. The Hall–Kier alpha value is -5.17. The van der Waals surface area contributed by atoms with Gasteiger partial charge in [0.05, 0.1) is 28.5 Å². The lowest BCUT2D eigenvalue weighted by Gasteiger charge is -2.27. The summed E-state index contributed by atoms with van der Waals surface area (Å²) >= 11 is 6.31. The molecule has 54 heavy (non-hydrogen) atoms. The third kappa shape index (κ3) is 8.62. The number of halogens is 9. The van der Waals surface area contributed by atoms with Gasteiger partial charge in [-0.1, -0.05) is 17.7 Å². The molecule has 14 nitrogen and oxygen atoms in total. The maximum atomic E-state index is 14.1. The first kappa shape index (κ1) is 41.6. The Bertz CT molecular complexity index is 1890. The van der Waals surface area contributed by atoms with Crippen LogP contribution in [0.3, 0.4) is 0 Å². The number of esters is 1. The number of aromatic nitrogens is 2. The summed E-state index contributed by atoms with van der Waals surface area (Å²) in [5.74, 6) is -10.3. The first-order valence-electron chi connectivity index (χ1n) is 15.4. The molecule has 1 aromatic carbocycles. The van der Waals surface area contributed by atoms with Crippen LogP contribution < -0.4 is 5.01 Å². The molecule has 1 saturated carbocycles. The van der Waals surface area contributed by atoms with Gasteiger partial charge in [0, 0.05) is 19.8 Å². The molecule has 0 saturated heterocycles. The molecule has 2 heterocycles. The number of carbonyl (C=O) groups excluding carboxylic acids is 3. The van der Waals surface area contributed by atoms with E-state index in [2.05, 4.69) is 5.10 Å².